The minimum atomic E-state index is -0.918. The van der Waals surface area contributed by atoms with Gasteiger partial charge in [-0.3, -0.25) is 14.5 Å². The summed E-state index contributed by atoms with van der Waals surface area (Å²) in [6.45, 7) is 6.20. The van der Waals surface area contributed by atoms with Crippen molar-refractivity contribution < 1.29 is 19.8 Å². The molecule has 5 nitrogen and oxygen atoms in total. The molecule has 0 aromatic heterocycles. The van der Waals surface area contributed by atoms with Crippen molar-refractivity contribution in [1.29, 1.82) is 0 Å². The lowest BCUT2D eigenvalue weighted by atomic mass is 10.1. The van der Waals surface area contributed by atoms with E-state index in [-0.39, 0.29) is 13.0 Å². The van der Waals surface area contributed by atoms with Gasteiger partial charge in [0, 0.05) is 13.1 Å². The zero-order valence-electron chi connectivity index (χ0n) is 10.3. The second-order valence-electron chi connectivity index (χ2n) is 3.92. The van der Waals surface area contributed by atoms with E-state index in [0.29, 0.717) is 13.0 Å². The van der Waals surface area contributed by atoms with Crippen LogP contribution in [0.4, 0.5) is 0 Å². The lowest BCUT2D eigenvalue weighted by Crippen LogP contribution is -2.42. The summed E-state index contributed by atoms with van der Waals surface area (Å²) in [5.74, 6) is -1.82. The molecule has 0 heterocycles. The summed E-state index contributed by atoms with van der Waals surface area (Å²) in [4.78, 5) is 23.3. The summed E-state index contributed by atoms with van der Waals surface area (Å²) >= 11 is 0. The SMILES string of the molecule is C=CCN(CCC(=O)O)C(CCCC)C(=O)O. The molecule has 0 radical (unpaired) electrons. The molecule has 0 spiro atoms. The number of hydrogen-bond acceptors (Lipinski definition) is 3. The van der Waals surface area contributed by atoms with Gasteiger partial charge >= 0.3 is 11.9 Å². The molecular weight excluding hydrogens is 222 g/mol. The van der Waals surface area contributed by atoms with E-state index in [1.807, 2.05) is 6.92 Å². The third kappa shape index (κ3) is 6.73. The molecule has 0 aromatic carbocycles. The molecule has 1 atom stereocenters. The Bertz CT molecular complexity index is 265. The van der Waals surface area contributed by atoms with Gasteiger partial charge in [-0.2, -0.15) is 0 Å². The van der Waals surface area contributed by atoms with E-state index in [4.69, 9.17) is 10.2 Å². The van der Waals surface area contributed by atoms with Crippen LogP contribution in [0.2, 0.25) is 0 Å². The third-order valence-corrected chi connectivity index (χ3v) is 2.53. The van der Waals surface area contributed by atoms with Crippen molar-refractivity contribution >= 4 is 11.9 Å². The summed E-state index contributed by atoms with van der Waals surface area (Å²) in [6.07, 6.45) is 3.83. The van der Waals surface area contributed by atoms with E-state index in [0.717, 1.165) is 12.8 Å². The molecule has 0 bridgehead atoms. The van der Waals surface area contributed by atoms with Gasteiger partial charge in [-0.1, -0.05) is 25.8 Å². The van der Waals surface area contributed by atoms with Crippen molar-refractivity contribution in [3.05, 3.63) is 12.7 Å². The molecule has 98 valence electrons. The largest absolute Gasteiger partial charge is 0.481 e. The van der Waals surface area contributed by atoms with Gasteiger partial charge in [-0.05, 0) is 6.42 Å². The summed E-state index contributed by atoms with van der Waals surface area (Å²) < 4.78 is 0. The van der Waals surface area contributed by atoms with Crippen LogP contribution in [-0.4, -0.2) is 46.2 Å². The fourth-order valence-electron chi connectivity index (χ4n) is 1.64. The molecule has 17 heavy (non-hydrogen) atoms. The first-order chi connectivity index (χ1) is 8.02. The molecule has 0 saturated carbocycles. The van der Waals surface area contributed by atoms with Crippen LogP contribution in [0, 0.1) is 0 Å². The van der Waals surface area contributed by atoms with Crippen molar-refractivity contribution in [2.75, 3.05) is 13.1 Å². The van der Waals surface area contributed by atoms with Gasteiger partial charge in [0.25, 0.3) is 0 Å². The first-order valence-corrected chi connectivity index (χ1v) is 5.82. The topological polar surface area (TPSA) is 77.8 Å². The molecule has 0 amide bonds. The van der Waals surface area contributed by atoms with E-state index in [2.05, 4.69) is 6.58 Å². The Morgan fingerprint density at radius 2 is 2.06 bits per heavy atom. The monoisotopic (exact) mass is 243 g/mol. The molecule has 5 heteroatoms. The van der Waals surface area contributed by atoms with Gasteiger partial charge in [0.05, 0.1) is 6.42 Å². The molecule has 0 aliphatic rings. The number of carboxylic acids is 2. The number of nitrogens with zero attached hydrogens (tertiary/aromatic N) is 1. The molecule has 2 N–H and O–H groups in total. The zero-order valence-corrected chi connectivity index (χ0v) is 10.3. The van der Waals surface area contributed by atoms with Crippen molar-refractivity contribution in [2.45, 2.75) is 38.6 Å². The summed E-state index contributed by atoms with van der Waals surface area (Å²) in [7, 11) is 0. The smallest absolute Gasteiger partial charge is 0.320 e. The number of carbonyl (C=O) groups is 2. The van der Waals surface area contributed by atoms with E-state index in [1.165, 1.54) is 0 Å². The number of carboxylic acid groups (broad SMARTS) is 2. The number of aliphatic carboxylic acids is 2. The molecule has 1 unspecified atom stereocenters. The van der Waals surface area contributed by atoms with E-state index in [1.54, 1.807) is 11.0 Å². The van der Waals surface area contributed by atoms with Gasteiger partial charge in [0.15, 0.2) is 0 Å². The average molecular weight is 243 g/mol. The third-order valence-electron chi connectivity index (χ3n) is 2.53. The maximum absolute atomic E-state index is 11.1. The highest BCUT2D eigenvalue weighted by molar-refractivity contribution is 5.73. The van der Waals surface area contributed by atoms with Gasteiger partial charge in [-0.25, -0.2) is 0 Å². The van der Waals surface area contributed by atoms with Crippen molar-refractivity contribution in [3.8, 4) is 0 Å². The van der Waals surface area contributed by atoms with Crippen LogP contribution in [0.5, 0.6) is 0 Å². The molecule has 0 aliphatic carbocycles. The van der Waals surface area contributed by atoms with E-state index < -0.39 is 18.0 Å². The van der Waals surface area contributed by atoms with Gasteiger partial charge in [-0.15, -0.1) is 6.58 Å². The minimum Gasteiger partial charge on any atom is -0.481 e. The quantitative estimate of drug-likeness (QED) is 0.570. The normalized spacial score (nSPS) is 12.4. The fourth-order valence-corrected chi connectivity index (χ4v) is 1.64. The Kier molecular flexibility index (Phi) is 8.05. The standard InChI is InChI=1S/C12H21NO4/c1-3-5-6-10(12(16)17)13(8-4-2)9-7-11(14)15/h4,10H,2-3,5-9H2,1H3,(H,14,15)(H,16,17). The lowest BCUT2D eigenvalue weighted by Gasteiger charge is -2.27. The second kappa shape index (κ2) is 8.75. The van der Waals surface area contributed by atoms with Crippen molar-refractivity contribution in [1.82, 2.24) is 4.90 Å². The molecule has 0 rings (SSSR count). The first-order valence-electron chi connectivity index (χ1n) is 5.82. The molecular formula is C12H21NO4. The van der Waals surface area contributed by atoms with E-state index in [9.17, 15) is 9.59 Å². The minimum absolute atomic E-state index is 0.0518. The first kappa shape index (κ1) is 15.6. The zero-order chi connectivity index (χ0) is 13.3. The van der Waals surface area contributed by atoms with Crippen LogP contribution in [0.1, 0.15) is 32.6 Å². The van der Waals surface area contributed by atoms with Crippen LogP contribution in [0.3, 0.4) is 0 Å². The van der Waals surface area contributed by atoms with Crippen LogP contribution in [0.25, 0.3) is 0 Å². The van der Waals surface area contributed by atoms with Gasteiger partial charge in [0.2, 0.25) is 0 Å². The summed E-state index contributed by atoms with van der Waals surface area (Å²) in [5, 5.41) is 17.8. The van der Waals surface area contributed by atoms with Gasteiger partial charge < -0.3 is 10.2 Å². The predicted octanol–water partition coefficient (Wildman–Crippen LogP) is 1.59. The Morgan fingerprint density at radius 1 is 1.41 bits per heavy atom. The maximum Gasteiger partial charge on any atom is 0.320 e. The highest BCUT2D eigenvalue weighted by Gasteiger charge is 2.24. The Hall–Kier alpha value is -1.36. The van der Waals surface area contributed by atoms with Crippen molar-refractivity contribution in [2.24, 2.45) is 0 Å². The molecule has 0 aromatic rings. The highest BCUT2D eigenvalue weighted by Crippen LogP contribution is 2.10. The van der Waals surface area contributed by atoms with E-state index >= 15 is 0 Å². The number of unbranched alkanes of at least 4 members (excludes halogenated alkanes) is 1. The molecule has 0 aliphatic heterocycles. The van der Waals surface area contributed by atoms with Crippen LogP contribution in [0.15, 0.2) is 12.7 Å². The summed E-state index contributed by atoms with van der Waals surface area (Å²) in [6, 6.07) is -0.618. The Morgan fingerprint density at radius 3 is 2.47 bits per heavy atom. The highest BCUT2D eigenvalue weighted by atomic mass is 16.4. The molecule has 0 fully saturated rings. The van der Waals surface area contributed by atoms with Crippen LogP contribution in [-0.2, 0) is 9.59 Å². The predicted molar refractivity (Wildman–Crippen MR) is 65.0 cm³/mol. The molecule has 0 saturated heterocycles. The average Bonchev–Trinajstić information content (AvgIpc) is 2.25. The Labute approximate surface area is 102 Å². The Balaban J connectivity index is 4.51. The van der Waals surface area contributed by atoms with Crippen LogP contribution < -0.4 is 0 Å². The number of hydrogen-bond donors (Lipinski definition) is 2. The second-order valence-corrected chi connectivity index (χ2v) is 3.92. The van der Waals surface area contributed by atoms with Gasteiger partial charge in [0.1, 0.15) is 6.04 Å². The number of rotatable bonds is 10. The summed E-state index contributed by atoms with van der Waals surface area (Å²) in [5.41, 5.74) is 0. The van der Waals surface area contributed by atoms with Crippen LogP contribution >= 0.6 is 0 Å². The maximum atomic E-state index is 11.1. The fraction of sp³-hybridized carbons (Fsp3) is 0.667. The lowest BCUT2D eigenvalue weighted by molar-refractivity contribution is -0.145. The van der Waals surface area contributed by atoms with Crippen molar-refractivity contribution in [3.63, 3.8) is 0 Å².